The van der Waals surface area contributed by atoms with Gasteiger partial charge >= 0.3 is 5.97 Å². The van der Waals surface area contributed by atoms with Gasteiger partial charge < -0.3 is 5.11 Å². The summed E-state index contributed by atoms with van der Waals surface area (Å²) in [5, 5.41) is 22.6. The number of benzene rings is 1. The highest BCUT2D eigenvalue weighted by Gasteiger charge is 2.26. The van der Waals surface area contributed by atoms with Crippen LogP contribution in [0.5, 0.6) is 0 Å². The fourth-order valence-electron chi connectivity index (χ4n) is 3.14. The molecule has 0 spiro atoms. The topological polar surface area (TPSA) is 78.9 Å². The van der Waals surface area contributed by atoms with Gasteiger partial charge in [0.2, 0.25) is 0 Å². The van der Waals surface area contributed by atoms with Crippen LogP contribution in [0.15, 0.2) is 18.3 Å². The zero-order chi connectivity index (χ0) is 15.7. The molecule has 5 nitrogen and oxygen atoms in total. The SMILES string of the molecule is N#Cc1cc(F)c2cn(CC3CCC(C(=O)O)CC3)nc2c1. The number of carboxylic acid groups (broad SMARTS) is 1. The molecule has 6 heteroatoms. The minimum absolute atomic E-state index is 0.233. The van der Waals surface area contributed by atoms with Crippen molar-refractivity contribution in [3.05, 3.63) is 29.7 Å². The van der Waals surface area contributed by atoms with E-state index in [1.807, 2.05) is 6.07 Å². The molecule has 0 aliphatic heterocycles. The van der Waals surface area contributed by atoms with E-state index >= 15 is 0 Å². The number of hydrogen-bond acceptors (Lipinski definition) is 3. The fourth-order valence-corrected chi connectivity index (χ4v) is 3.14. The molecule has 1 aliphatic carbocycles. The highest BCUT2D eigenvalue weighted by atomic mass is 19.1. The van der Waals surface area contributed by atoms with Crippen molar-refractivity contribution in [1.29, 1.82) is 5.26 Å². The zero-order valence-corrected chi connectivity index (χ0v) is 12.0. The number of nitriles is 1. The lowest BCUT2D eigenvalue weighted by molar-refractivity contribution is -0.143. The lowest BCUT2D eigenvalue weighted by Gasteiger charge is -2.25. The summed E-state index contributed by atoms with van der Waals surface area (Å²) >= 11 is 0. The van der Waals surface area contributed by atoms with Gasteiger partial charge in [-0.05, 0) is 43.7 Å². The number of hydrogen-bond donors (Lipinski definition) is 1. The van der Waals surface area contributed by atoms with Crippen molar-refractivity contribution in [3.8, 4) is 6.07 Å². The molecule has 2 aromatic rings. The van der Waals surface area contributed by atoms with Gasteiger partial charge in [-0.1, -0.05) is 0 Å². The molecule has 1 aromatic carbocycles. The number of carbonyl (C=O) groups is 1. The molecule has 1 N–H and O–H groups in total. The Morgan fingerprint density at radius 1 is 1.41 bits per heavy atom. The highest BCUT2D eigenvalue weighted by molar-refractivity contribution is 5.80. The number of halogens is 1. The van der Waals surface area contributed by atoms with Crippen LogP contribution in [0.1, 0.15) is 31.2 Å². The molecule has 3 rings (SSSR count). The molecule has 1 saturated carbocycles. The Kier molecular flexibility index (Phi) is 3.80. The summed E-state index contributed by atoms with van der Waals surface area (Å²) < 4.78 is 15.6. The van der Waals surface area contributed by atoms with E-state index in [2.05, 4.69) is 5.10 Å². The fraction of sp³-hybridized carbons (Fsp3) is 0.438. The van der Waals surface area contributed by atoms with Crippen molar-refractivity contribution < 1.29 is 14.3 Å². The van der Waals surface area contributed by atoms with Gasteiger partial charge in [0, 0.05) is 12.7 Å². The van der Waals surface area contributed by atoms with E-state index < -0.39 is 11.8 Å². The molecule has 114 valence electrons. The largest absolute Gasteiger partial charge is 0.481 e. The third kappa shape index (κ3) is 2.80. The number of rotatable bonds is 3. The van der Waals surface area contributed by atoms with Crippen LogP contribution >= 0.6 is 0 Å². The molecular weight excluding hydrogens is 285 g/mol. The Bertz CT molecular complexity index is 755. The maximum atomic E-state index is 13.9. The van der Waals surface area contributed by atoms with Crippen molar-refractivity contribution in [1.82, 2.24) is 9.78 Å². The number of carboxylic acids is 1. The van der Waals surface area contributed by atoms with Gasteiger partial charge in [-0.25, -0.2) is 4.39 Å². The highest BCUT2D eigenvalue weighted by Crippen LogP contribution is 2.30. The molecule has 1 aromatic heterocycles. The van der Waals surface area contributed by atoms with Gasteiger partial charge in [0.1, 0.15) is 5.82 Å². The van der Waals surface area contributed by atoms with E-state index in [1.165, 1.54) is 6.07 Å². The average molecular weight is 301 g/mol. The Morgan fingerprint density at radius 2 is 2.14 bits per heavy atom. The number of nitrogens with zero attached hydrogens (tertiary/aromatic N) is 3. The molecule has 1 fully saturated rings. The Hall–Kier alpha value is -2.42. The van der Waals surface area contributed by atoms with Gasteiger partial charge in [-0.15, -0.1) is 0 Å². The summed E-state index contributed by atoms with van der Waals surface area (Å²) in [6.45, 7) is 0.655. The number of fused-ring (bicyclic) bond motifs is 1. The smallest absolute Gasteiger partial charge is 0.306 e. The molecule has 22 heavy (non-hydrogen) atoms. The summed E-state index contributed by atoms with van der Waals surface area (Å²) in [4.78, 5) is 10.9. The molecule has 0 bridgehead atoms. The van der Waals surface area contributed by atoms with Gasteiger partial charge in [-0.3, -0.25) is 9.48 Å². The van der Waals surface area contributed by atoms with Gasteiger partial charge in [0.25, 0.3) is 0 Å². The summed E-state index contributed by atoms with van der Waals surface area (Å²) in [7, 11) is 0. The van der Waals surface area contributed by atoms with E-state index in [4.69, 9.17) is 10.4 Å². The van der Waals surface area contributed by atoms with E-state index in [0.717, 1.165) is 12.8 Å². The van der Waals surface area contributed by atoms with Gasteiger partial charge in [0.05, 0.1) is 28.5 Å². The normalized spacial score (nSPS) is 21.6. The minimum atomic E-state index is -0.714. The van der Waals surface area contributed by atoms with Crippen molar-refractivity contribution in [2.75, 3.05) is 0 Å². The van der Waals surface area contributed by atoms with Crippen molar-refractivity contribution in [3.63, 3.8) is 0 Å². The quantitative estimate of drug-likeness (QED) is 0.945. The van der Waals surface area contributed by atoms with Crippen LogP contribution in [0.25, 0.3) is 10.9 Å². The summed E-state index contributed by atoms with van der Waals surface area (Å²) in [6.07, 6.45) is 4.73. The van der Waals surface area contributed by atoms with Crippen LogP contribution in [0.2, 0.25) is 0 Å². The molecule has 0 saturated heterocycles. The van der Waals surface area contributed by atoms with Crippen molar-refractivity contribution in [2.45, 2.75) is 32.2 Å². The first-order chi connectivity index (χ1) is 10.6. The van der Waals surface area contributed by atoms with E-state index in [0.29, 0.717) is 36.2 Å². The van der Waals surface area contributed by atoms with Crippen LogP contribution in [0.4, 0.5) is 4.39 Å². The number of aliphatic carboxylic acids is 1. The van der Waals surface area contributed by atoms with Gasteiger partial charge in [-0.2, -0.15) is 10.4 Å². The lowest BCUT2D eigenvalue weighted by atomic mass is 9.82. The summed E-state index contributed by atoms with van der Waals surface area (Å²) in [5.41, 5.74) is 0.744. The maximum Gasteiger partial charge on any atom is 0.306 e. The van der Waals surface area contributed by atoms with E-state index in [9.17, 15) is 9.18 Å². The van der Waals surface area contributed by atoms with E-state index in [1.54, 1.807) is 16.9 Å². The van der Waals surface area contributed by atoms with Crippen molar-refractivity contribution in [2.24, 2.45) is 11.8 Å². The first-order valence-corrected chi connectivity index (χ1v) is 7.36. The Morgan fingerprint density at radius 3 is 2.77 bits per heavy atom. The standard InChI is InChI=1S/C16H16FN3O2/c17-14-5-11(7-18)6-15-13(14)9-20(19-15)8-10-1-3-12(4-2-10)16(21)22/h5-6,9-10,12H,1-4,8H2,(H,21,22). The predicted molar refractivity (Wildman–Crippen MR) is 77.5 cm³/mol. The average Bonchev–Trinajstić information content (AvgIpc) is 2.90. The third-order valence-corrected chi connectivity index (χ3v) is 4.39. The van der Waals surface area contributed by atoms with E-state index in [-0.39, 0.29) is 11.5 Å². The molecule has 0 radical (unpaired) electrons. The lowest BCUT2D eigenvalue weighted by Crippen LogP contribution is -2.23. The molecule has 0 unspecified atom stereocenters. The predicted octanol–water partition coefficient (Wildman–Crippen LogP) is 2.94. The maximum absolute atomic E-state index is 13.9. The van der Waals surface area contributed by atoms with Crippen LogP contribution in [-0.4, -0.2) is 20.9 Å². The third-order valence-electron chi connectivity index (χ3n) is 4.39. The van der Waals surface area contributed by atoms with Crippen LogP contribution in [0.3, 0.4) is 0 Å². The second-order valence-electron chi connectivity index (χ2n) is 5.91. The minimum Gasteiger partial charge on any atom is -0.481 e. The number of aromatic nitrogens is 2. The molecule has 1 heterocycles. The monoisotopic (exact) mass is 301 g/mol. The Labute approximate surface area is 127 Å². The van der Waals surface area contributed by atoms with Gasteiger partial charge in [0.15, 0.2) is 0 Å². The second-order valence-corrected chi connectivity index (χ2v) is 5.91. The molecule has 0 amide bonds. The Balaban J connectivity index is 1.74. The second kappa shape index (κ2) is 5.76. The molecule has 1 aliphatic rings. The summed E-state index contributed by atoms with van der Waals surface area (Å²) in [6, 6.07) is 4.72. The molecular formula is C16H16FN3O2. The summed E-state index contributed by atoms with van der Waals surface area (Å²) in [5.74, 6) is -1.02. The van der Waals surface area contributed by atoms with Crippen LogP contribution in [0, 0.1) is 29.0 Å². The van der Waals surface area contributed by atoms with Crippen LogP contribution in [-0.2, 0) is 11.3 Å². The van der Waals surface area contributed by atoms with Crippen molar-refractivity contribution >= 4 is 16.9 Å². The first-order valence-electron chi connectivity index (χ1n) is 7.36. The first kappa shape index (κ1) is 14.5. The zero-order valence-electron chi connectivity index (χ0n) is 12.0. The van der Waals surface area contributed by atoms with Crippen LogP contribution < -0.4 is 0 Å². The molecule has 0 atom stereocenters.